The van der Waals surface area contributed by atoms with Crippen molar-refractivity contribution < 1.29 is 8.81 Å². The Bertz CT molecular complexity index is 512. The molecule has 0 bridgehead atoms. The summed E-state index contributed by atoms with van der Waals surface area (Å²) in [4.78, 5) is 6.08. The molecule has 0 unspecified atom stereocenters. The molecule has 0 saturated carbocycles. The molecule has 1 aromatic heterocycles. The fourth-order valence-corrected chi connectivity index (χ4v) is 1.68. The minimum absolute atomic E-state index is 0.216. The second-order valence-electron chi connectivity index (χ2n) is 4.10. The Morgan fingerprint density at radius 1 is 1.39 bits per heavy atom. The van der Waals surface area contributed by atoms with Gasteiger partial charge in [-0.2, -0.15) is 4.98 Å². The number of nitrogens with one attached hydrogen (secondary N) is 1. The minimum atomic E-state index is -0.216. The van der Waals surface area contributed by atoms with Crippen LogP contribution in [-0.4, -0.2) is 19.1 Å². The molecule has 5 heteroatoms. The molecule has 0 fully saturated rings. The molecule has 0 amide bonds. The zero-order chi connectivity index (χ0) is 13.0. The molecule has 0 atom stereocenters. The highest BCUT2D eigenvalue weighted by Gasteiger charge is 2.11. The maximum absolute atomic E-state index is 13.5. The van der Waals surface area contributed by atoms with E-state index >= 15 is 0 Å². The Morgan fingerprint density at radius 3 is 2.89 bits per heavy atom. The van der Waals surface area contributed by atoms with Gasteiger partial charge in [-0.05, 0) is 13.1 Å². The quantitative estimate of drug-likeness (QED) is 0.881. The van der Waals surface area contributed by atoms with Crippen molar-refractivity contribution in [1.29, 1.82) is 0 Å². The number of hydrogen-bond donors (Lipinski definition) is 1. The first-order chi connectivity index (χ1) is 8.70. The van der Waals surface area contributed by atoms with E-state index in [4.69, 9.17) is 4.42 Å². The van der Waals surface area contributed by atoms with Gasteiger partial charge in [-0.3, -0.25) is 0 Å². The van der Waals surface area contributed by atoms with Crippen molar-refractivity contribution in [2.75, 3.05) is 19.0 Å². The molecular formula is C13H16FN3O. The van der Waals surface area contributed by atoms with Gasteiger partial charge in [0.1, 0.15) is 12.1 Å². The number of halogens is 1. The standard InChI is InChI=1S/C13H16FN3O/c1-15-7-11-9-18-13(16-11)17(2)8-10-5-3-4-6-12(10)14/h3-6,9,15H,7-8H2,1-2H3. The molecule has 0 aliphatic rings. The summed E-state index contributed by atoms with van der Waals surface area (Å²) >= 11 is 0. The van der Waals surface area contributed by atoms with Gasteiger partial charge < -0.3 is 14.6 Å². The number of oxazole rings is 1. The Labute approximate surface area is 105 Å². The third-order valence-corrected chi connectivity index (χ3v) is 2.59. The second-order valence-corrected chi connectivity index (χ2v) is 4.10. The van der Waals surface area contributed by atoms with E-state index in [0.29, 0.717) is 24.7 Å². The Hall–Kier alpha value is -1.88. The van der Waals surface area contributed by atoms with Gasteiger partial charge in [0.15, 0.2) is 0 Å². The van der Waals surface area contributed by atoms with Gasteiger partial charge in [0.05, 0.1) is 5.69 Å². The number of hydrogen-bond acceptors (Lipinski definition) is 4. The van der Waals surface area contributed by atoms with Crippen LogP contribution in [0, 0.1) is 5.82 Å². The summed E-state index contributed by atoms with van der Waals surface area (Å²) in [5.41, 5.74) is 1.45. The predicted octanol–water partition coefficient (Wildman–Crippen LogP) is 2.17. The van der Waals surface area contributed by atoms with Gasteiger partial charge in [-0.1, -0.05) is 18.2 Å². The summed E-state index contributed by atoms with van der Waals surface area (Å²) < 4.78 is 18.8. The molecule has 0 aliphatic carbocycles. The molecule has 2 rings (SSSR count). The summed E-state index contributed by atoms with van der Waals surface area (Å²) in [7, 11) is 3.67. The van der Waals surface area contributed by atoms with Crippen LogP contribution >= 0.6 is 0 Å². The molecule has 96 valence electrons. The molecule has 0 spiro atoms. The van der Waals surface area contributed by atoms with E-state index in [1.165, 1.54) is 6.07 Å². The smallest absolute Gasteiger partial charge is 0.297 e. The SMILES string of the molecule is CNCc1coc(N(C)Cc2ccccc2F)n1. The van der Waals surface area contributed by atoms with Crippen molar-refractivity contribution in [3.8, 4) is 0 Å². The average molecular weight is 249 g/mol. The van der Waals surface area contributed by atoms with Gasteiger partial charge in [0.2, 0.25) is 0 Å². The fourth-order valence-electron chi connectivity index (χ4n) is 1.68. The molecule has 2 aromatic rings. The Morgan fingerprint density at radius 2 is 2.17 bits per heavy atom. The minimum Gasteiger partial charge on any atom is -0.432 e. The third-order valence-electron chi connectivity index (χ3n) is 2.59. The second kappa shape index (κ2) is 5.64. The van der Waals surface area contributed by atoms with Gasteiger partial charge in [-0.15, -0.1) is 0 Å². The van der Waals surface area contributed by atoms with Crippen LogP contribution in [0.15, 0.2) is 34.9 Å². The Kier molecular flexibility index (Phi) is 3.94. The largest absolute Gasteiger partial charge is 0.432 e. The molecule has 18 heavy (non-hydrogen) atoms. The van der Waals surface area contributed by atoms with E-state index in [1.54, 1.807) is 23.3 Å². The normalized spacial score (nSPS) is 10.6. The maximum atomic E-state index is 13.5. The van der Waals surface area contributed by atoms with E-state index in [0.717, 1.165) is 5.69 Å². The number of rotatable bonds is 5. The highest BCUT2D eigenvalue weighted by molar-refractivity contribution is 5.29. The van der Waals surface area contributed by atoms with Crippen molar-refractivity contribution in [3.63, 3.8) is 0 Å². The average Bonchev–Trinajstić information content (AvgIpc) is 2.81. The monoisotopic (exact) mass is 249 g/mol. The summed E-state index contributed by atoms with van der Waals surface area (Å²) in [5.74, 6) is -0.216. The van der Waals surface area contributed by atoms with Crippen LogP contribution in [-0.2, 0) is 13.1 Å². The first-order valence-electron chi connectivity index (χ1n) is 5.74. The van der Waals surface area contributed by atoms with Crippen LogP contribution in [0.2, 0.25) is 0 Å². The molecule has 1 heterocycles. The summed E-state index contributed by atoms with van der Waals surface area (Å²) in [5, 5.41) is 2.99. The molecule has 0 saturated heterocycles. The summed E-state index contributed by atoms with van der Waals surface area (Å²) in [6.07, 6.45) is 1.60. The number of nitrogens with zero attached hydrogens (tertiary/aromatic N) is 2. The van der Waals surface area contributed by atoms with Crippen LogP contribution < -0.4 is 10.2 Å². The summed E-state index contributed by atoms with van der Waals surface area (Å²) in [6, 6.07) is 7.18. The van der Waals surface area contributed by atoms with Gasteiger partial charge >= 0.3 is 0 Å². The lowest BCUT2D eigenvalue weighted by Gasteiger charge is -2.14. The molecule has 0 radical (unpaired) electrons. The number of anilines is 1. The maximum Gasteiger partial charge on any atom is 0.297 e. The number of aromatic nitrogens is 1. The highest BCUT2D eigenvalue weighted by Crippen LogP contribution is 2.16. The van der Waals surface area contributed by atoms with Gasteiger partial charge in [0.25, 0.3) is 6.01 Å². The Balaban J connectivity index is 2.07. The van der Waals surface area contributed by atoms with Gasteiger partial charge in [-0.25, -0.2) is 4.39 Å². The van der Waals surface area contributed by atoms with Crippen molar-refractivity contribution in [1.82, 2.24) is 10.3 Å². The predicted molar refractivity (Wildman–Crippen MR) is 67.8 cm³/mol. The zero-order valence-corrected chi connectivity index (χ0v) is 10.5. The molecule has 1 N–H and O–H groups in total. The van der Waals surface area contributed by atoms with E-state index in [-0.39, 0.29) is 5.82 Å². The molecule has 1 aromatic carbocycles. The van der Waals surface area contributed by atoms with E-state index in [2.05, 4.69) is 10.3 Å². The van der Waals surface area contributed by atoms with Crippen molar-refractivity contribution in [2.45, 2.75) is 13.1 Å². The summed E-state index contributed by atoms with van der Waals surface area (Å²) in [6.45, 7) is 1.07. The third kappa shape index (κ3) is 2.87. The molecule has 4 nitrogen and oxygen atoms in total. The lowest BCUT2D eigenvalue weighted by atomic mass is 10.2. The molecule has 0 aliphatic heterocycles. The van der Waals surface area contributed by atoms with Crippen LogP contribution in [0.25, 0.3) is 0 Å². The van der Waals surface area contributed by atoms with Crippen LogP contribution in [0.1, 0.15) is 11.3 Å². The van der Waals surface area contributed by atoms with Gasteiger partial charge in [0, 0.05) is 25.7 Å². The fraction of sp³-hybridized carbons (Fsp3) is 0.308. The van der Waals surface area contributed by atoms with Crippen molar-refractivity contribution in [2.24, 2.45) is 0 Å². The van der Waals surface area contributed by atoms with Crippen LogP contribution in [0.4, 0.5) is 10.4 Å². The van der Waals surface area contributed by atoms with E-state index in [9.17, 15) is 4.39 Å². The van der Waals surface area contributed by atoms with Crippen molar-refractivity contribution >= 4 is 6.01 Å². The lowest BCUT2D eigenvalue weighted by Crippen LogP contribution is -2.17. The first kappa shape index (κ1) is 12.6. The van der Waals surface area contributed by atoms with E-state index < -0.39 is 0 Å². The molecular weight excluding hydrogens is 233 g/mol. The zero-order valence-electron chi connectivity index (χ0n) is 10.5. The van der Waals surface area contributed by atoms with Crippen molar-refractivity contribution in [3.05, 3.63) is 47.6 Å². The van der Waals surface area contributed by atoms with Crippen LogP contribution in [0.3, 0.4) is 0 Å². The topological polar surface area (TPSA) is 41.3 Å². The lowest BCUT2D eigenvalue weighted by molar-refractivity contribution is 0.538. The first-order valence-corrected chi connectivity index (χ1v) is 5.74. The van der Waals surface area contributed by atoms with E-state index in [1.807, 2.05) is 20.2 Å². The highest BCUT2D eigenvalue weighted by atomic mass is 19.1. The van der Waals surface area contributed by atoms with Crippen LogP contribution in [0.5, 0.6) is 0 Å². The number of benzene rings is 1.